The molecule has 6 nitrogen and oxygen atoms in total. The third-order valence-electron chi connectivity index (χ3n) is 5.77. The molecule has 0 unspecified atom stereocenters. The van der Waals surface area contributed by atoms with Crippen LogP contribution in [0, 0.1) is 25.2 Å². The van der Waals surface area contributed by atoms with Gasteiger partial charge in [0, 0.05) is 30.7 Å². The highest BCUT2D eigenvalue weighted by Crippen LogP contribution is 2.53. The van der Waals surface area contributed by atoms with Gasteiger partial charge in [-0.15, -0.1) is 0 Å². The average Bonchev–Trinajstić information content (AvgIpc) is 2.86. The Labute approximate surface area is 147 Å². The second-order valence-corrected chi connectivity index (χ2v) is 7.96. The molecule has 4 rings (SSSR count). The summed E-state index contributed by atoms with van der Waals surface area (Å²) in [4.78, 5) is 17.5. The molecule has 2 fully saturated rings. The first kappa shape index (κ1) is 16.5. The van der Waals surface area contributed by atoms with E-state index in [0.717, 1.165) is 41.9 Å². The van der Waals surface area contributed by atoms with Crippen LogP contribution in [0.25, 0.3) is 11.0 Å². The highest BCUT2D eigenvalue weighted by Gasteiger charge is 2.60. The number of pyridine rings is 1. The molecule has 1 saturated heterocycles. The van der Waals surface area contributed by atoms with E-state index < -0.39 is 0 Å². The number of nitrogens with zero attached hydrogens (tertiary/aromatic N) is 3. The molecule has 0 N–H and O–H groups in total. The van der Waals surface area contributed by atoms with Crippen molar-refractivity contribution in [2.24, 2.45) is 18.4 Å². The Morgan fingerprint density at radius 3 is 2.92 bits per heavy atom. The second kappa shape index (κ2) is 5.53. The lowest BCUT2D eigenvalue weighted by atomic mass is 9.56. The van der Waals surface area contributed by atoms with Crippen LogP contribution < -0.4 is 0 Å². The van der Waals surface area contributed by atoms with Gasteiger partial charge in [0.15, 0.2) is 5.65 Å². The van der Waals surface area contributed by atoms with Gasteiger partial charge in [0.25, 0.3) is 0 Å². The smallest absolute Gasteiger partial charge is 0.339 e. The van der Waals surface area contributed by atoms with E-state index in [9.17, 15) is 4.79 Å². The summed E-state index contributed by atoms with van der Waals surface area (Å²) in [6.07, 6.45) is 2.18. The SMILES string of the molecule is Cc1cc(C(=O)O[C@H]2[C@@H]3CCCO[C@@H]3C2(C)C)c2c(C)nn(C)c2n1. The molecule has 1 aliphatic carbocycles. The van der Waals surface area contributed by atoms with Gasteiger partial charge in [-0.1, -0.05) is 13.8 Å². The van der Waals surface area contributed by atoms with Crippen molar-refractivity contribution in [2.75, 3.05) is 6.61 Å². The quantitative estimate of drug-likeness (QED) is 0.784. The van der Waals surface area contributed by atoms with E-state index >= 15 is 0 Å². The topological polar surface area (TPSA) is 66.2 Å². The molecule has 3 heterocycles. The largest absolute Gasteiger partial charge is 0.458 e. The Bertz CT molecular complexity index is 855. The number of carbonyl (C=O) groups excluding carboxylic acids is 1. The average molecular weight is 343 g/mol. The minimum absolute atomic E-state index is 0.106. The van der Waals surface area contributed by atoms with Crippen molar-refractivity contribution in [1.82, 2.24) is 14.8 Å². The summed E-state index contributed by atoms with van der Waals surface area (Å²) < 4.78 is 13.6. The zero-order chi connectivity index (χ0) is 17.9. The number of hydrogen-bond donors (Lipinski definition) is 0. The molecule has 0 spiro atoms. The van der Waals surface area contributed by atoms with Gasteiger partial charge in [-0.05, 0) is 32.8 Å². The Morgan fingerprint density at radius 2 is 2.16 bits per heavy atom. The van der Waals surface area contributed by atoms with E-state index in [0.29, 0.717) is 11.5 Å². The molecule has 0 amide bonds. The van der Waals surface area contributed by atoms with Crippen LogP contribution in [0.2, 0.25) is 0 Å². The molecule has 3 atom stereocenters. The fourth-order valence-corrected chi connectivity index (χ4v) is 4.63. The number of esters is 1. The van der Waals surface area contributed by atoms with E-state index in [2.05, 4.69) is 23.9 Å². The fraction of sp³-hybridized carbons (Fsp3) is 0.632. The van der Waals surface area contributed by atoms with E-state index in [4.69, 9.17) is 9.47 Å². The Hall–Kier alpha value is -1.95. The van der Waals surface area contributed by atoms with Crippen LogP contribution in [-0.2, 0) is 16.5 Å². The first-order valence-corrected chi connectivity index (χ1v) is 8.94. The van der Waals surface area contributed by atoms with Gasteiger partial charge in [-0.2, -0.15) is 5.10 Å². The van der Waals surface area contributed by atoms with Crippen molar-refractivity contribution >= 4 is 17.0 Å². The normalized spacial score (nSPS) is 27.6. The molecular weight excluding hydrogens is 318 g/mol. The lowest BCUT2D eigenvalue weighted by molar-refractivity contribution is -0.243. The minimum Gasteiger partial charge on any atom is -0.458 e. The molecule has 25 heavy (non-hydrogen) atoms. The maximum absolute atomic E-state index is 13.0. The Kier molecular flexibility index (Phi) is 3.65. The van der Waals surface area contributed by atoms with Gasteiger partial charge in [-0.25, -0.2) is 9.78 Å². The maximum atomic E-state index is 13.0. The highest BCUT2D eigenvalue weighted by atomic mass is 16.6. The van der Waals surface area contributed by atoms with E-state index in [1.165, 1.54) is 0 Å². The number of aryl methyl sites for hydroxylation is 3. The van der Waals surface area contributed by atoms with Gasteiger partial charge in [0.1, 0.15) is 6.10 Å². The molecule has 0 aromatic carbocycles. The standard InChI is InChI=1S/C19H25N3O3/c1-10-9-13(14-11(2)21-22(5)17(14)20-10)18(23)25-16-12-7-6-8-24-15(12)19(16,3)4/h9,12,15-16H,6-8H2,1-5H3/t12-,15+,16+/m1/s1. The van der Waals surface area contributed by atoms with Crippen LogP contribution in [0.1, 0.15) is 48.4 Å². The third-order valence-corrected chi connectivity index (χ3v) is 5.77. The predicted octanol–water partition coefficient (Wildman–Crippen LogP) is 2.95. The molecule has 2 aromatic rings. The summed E-state index contributed by atoms with van der Waals surface area (Å²) in [7, 11) is 1.84. The van der Waals surface area contributed by atoms with Gasteiger partial charge in [-0.3, -0.25) is 4.68 Å². The third kappa shape index (κ3) is 2.38. The summed E-state index contributed by atoms with van der Waals surface area (Å²) >= 11 is 0. The lowest BCUT2D eigenvalue weighted by Crippen LogP contribution is -2.65. The molecule has 2 aliphatic rings. The van der Waals surface area contributed by atoms with Crippen molar-refractivity contribution in [3.05, 3.63) is 23.0 Å². The highest BCUT2D eigenvalue weighted by molar-refractivity contribution is 6.04. The number of fused-ring (bicyclic) bond motifs is 2. The van der Waals surface area contributed by atoms with Gasteiger partial charge < -0.3 is 9.47 Å². The monoisotopic (exact) mass is 343 g/mol. The number of rotatable bonds is 2. The first-order valence-electron chi connectivity index (χ1n) is 8.94. The van der Waals surface area contributed by atoms with Crippen LogP contribution >= 0.6 is 0 Å². The lowest BCUT2D eigenvalue weighted by Gasteiger charge is -2.58. The van der Waals surface area contributed by atoms with Crippen molar-refractivity contribution < 1.29 is 14.3 Å². The molecule has 2 aromatic heterocycles. The molecule has 1 aliphatic heterocycles. The van der Waals surface area contributed by atoms with Gasteiger partial charge in [0.2, 0.25) is 0 Å². The van der Waals surface area contributed by atoms with Gasteiger partial charge >= 0.3 is 5.97 Å². The fourth-order valence-electron chi connectivity index (χ4n) is 4.63. The maximum Gasteiger partial charge on any atom is 0.339 e. The summed E-state index contributed by atoms with van der Waals surface area (Å²) in [5, 5.41) is 5.19. The molecule has 0 bridgehead atoms. The zero-order valence-electron chi connectivity index (χ0n) is 15.5. The molecular formula is C19H25N3O3. The van der Waals surface area contributed by atoms with Crippen molar-refractivity contribution in [1.29, 1.82) is 0 Å². The zero-order valence-corrected chi connectivity index (χ0v) is 15.5. The number of aromatic nitrogens is 3. The number of ether oxygens (including phenoxy) is 2. The van der Waals surface area contributed by atoms with Gasteiger partial charge in [0.05, 0.1) is 22.7 Å². The minimum atomic E-state index is -0.284. The molecule has 134 valence electrons. The summed E-state index contributed by atoms with van der Waals surface area (Å²) in [5.41, 5.74) is 2.71. The van der Waals surface area contributed by atoms with Crippen LogP contribution in [-0.4, -0.2) is 39.5 Å². The number of carbonyl (C=O) groups is 1. The Morgan fingerprint density at radius 1 is 1.40 bits per heavy atom. The van der Waals surface area contributed by atoms with Crippen LogP contribution in [0.15, 0.2) is 6.07 Å². The van der Waals surface area contributed by atoms with Crippen molar-refractivity contribution in [3.63, 3.8) is 0 Å². The van der Waals surface area contributed by atoms with E-state index in [1.807, 2.05) is 20.9 Å². The summed E-state index contributed by atoms with van der Waals surface area (Å²) in [6, 6.07) is 1.81. The summed E-state index contributed by atoms with van der Waals surface area (Å²) in [5.74, 6) is 0.0230. The van der Waals surface area contributed by atoms with Crippen LogP contribution in [0.5, 0.6) is 0 Å². The first-order chi connectivity index (χ1) is 11.8. The van der Waals surface area contributed by atoms with Crippen molar-refractivity contribution in [2.45, 2.75) is 52.7 Å². The van der Waals surface area contributed by atoms with E-state index in [-0.39, 0.29) is 23.6 Å². The van der Waals surface area contributed by atoms with E-state index in [1.54, 1.807) is 10.7 Å². The predicted molar refractivity (Wildman–Crippen MR) is 93.4 cm³/mol. The van der Waals surface area contributed by atoms with Crippen LogP contribution in [0.4, 0.5) is 0 Å². The summed E-state index contributed by atoms with van der Waals surface area (Å²) in [6.45, 7) is 8.84. The molecule has 0 radical (unpaired) electrons. The number of hydrogen-bond acceptors (Lipinski definition) is 5. The van der Waals surface area contributed by atoms with Crippen LogP contribution in [0.3, 0.4) is 0 Å². The second-order valence-electron chi connectivity index (χ2n) is 7.96. The molecule has 6 heteroatoms. The van der Waals surface area contributed by atoms with Crippen molar-refractivity contribution in [3.8, 4) is 0 Å². The Balaban J connectivity index is 1.67. The molecule has 1 saturated carbocycles.